The maximum absolute atomic E-state index is 8.74. The van der Waals surface area contributed by atoms with Crippen molar-refractivity contribution < 1.29 is 9.94 Å². The van der Waals surface area contributed by atoms with E-state index < -0.39 is 0 Å². The minimum Gasteiger partial charge on any atom is -0.496 e. The van der Waals surface area contributed by atoms with E-state index in [4.69, 9.17) is 15.7 Å². The molecule has 0 aromatic heterocycles. The van der Waals surface area contributed by atoms with Crippen LogP contribution in [0.5, 0.6) is 5.75 Å². The molecule has 2 rings (SSSR count). The molecule has 0 aliphatic heterocycles. The highest BCUT2D eigenvalue weighted by Gasteiger charge is 2.27. The van der Waals surface area contributed by atoms with Crippen LogP contribution >= 0.6 is 0 Å². The molecule has 5 nitrogen and oxygen atoms in total. The molecule has 1 aromatic rings. The Balaban J connectivity index is 2.00. The molecular formula is C15H23N3O2. The summed E-state index contributed by atoms with van der Waals surface area (Å²) in [6, 6.07) is 5.52. The van der Waals surface area contributed by atoms with Gasteiger partial charge in [-0.2, -0.15) is 0 Å². The molecule has 4 N–H and O–H groups in total. The lowest BCUT2D eigenvalue weighted by Crippen LogP contribution is -2.22. The smallest absolute Gasteiger partial charge is 0.170 e. The number of oxime groups is 1. The van der Waals surface area contributed by atoms with Crippen LogP contribution in [0.3, 0.4) is 0 Å². The van der Waals surface area contributed by atoms with Crippen LogP contribution in [0.4, 0.5) is 0 Å². The van der Waals surface area contributed by atoms with E-state index in [0.717, 1.165) is 23.8 Å². The predicted octanol–water partition coefficient (Wildman–Crippen LogP) is 1.93. The molecule has 0 bridgehead atoms. The van der Waals surface area contributed by atoms with Crippen LogP contribution in [-0.4, -0.2) is 24.7 Å². The number of amidine groups is 1. The third-order valence-corrected chi connectivity index (χ3v) is 3.89. The van der Waals surface area contributed by atoms with Gasteiger partial charge >= 0.3 is 0 Å². The third-order valence-electron chi connectivity index (χ3n) is 3.89. The largest absolute Gasteiger partial charge is 0.496 e. The topological polar surface area (TPSA) is 79.9 Å². The van der Waals surface area contributed by atoms with Gasteiger partial charge in [-0.3, -0.25) is 0 Å². The zero-order valence-corrected chi connectivity index (χ0v) is 12.1. The van der Waals surface area contributed by atoms with Crippen molar-refractivity contribution in [1.82, 2.24) is 5.32 Å². The van der Waals surface area contributed by atoms with E-state index in [1.807, 2.05) is 12.1 Å². The van der Waals surface area contributed by atoms with E-state index in [1.54, 1.807) is 13.2 Å². The monoisotopic (exact) mass is 277 g/mol. The summed E-state index contributed by atoms with van der Waals surface area (Å²) in [5, 5.41) is 15.2. The molecule has 0 heterocycles. The molecule has 1 aromatic carbocycles. The maximum atomic E-state index is 8.74. The normalized spacial score (nSPS) is 17.0. The fourth-order valence-electron chi connectivity index (χ4n) is 2.40. The van der Waals surface area contributed by atoms with Crippen LogP contribution in [0.25, 0.3) is 0 Å². The lowest BCUT2D eigenvalue weighted by atomic mass is 10.1. The van der Waals surface area contributed by atoms with Gasteiger partial charge in [0.1, 0.15) is 5.75 Å². The van der Waals surface area contributed by atoms with Crippen LogP contribution < -0.4 is 15.8 Å². The SMILES string of the molecule is COc1ccc(/C(N)=N/O)cc1CNCC(C)C1CC1. The van der Waals surface area contributed by atoms with Gasteiger partial charge in [-0.05, 0) is 49.4 Å². The fraction of sp³-hybridized carbons (Fsp3) is 0.533. The summed E-state index contributed by atoms with van der Waals surface area (Å²) in [4.78, 5) is 0. The van der Waals surface area contributed by atoms with Crippen molar-refractivity contribution >= 4 is 5.84 Å². The third kappa shape index (κ3) is 3.63. The standard InChI is InChI=1S/C15H23N3O2/c1-10(11-3-4-11)8-17-9-13-7-12(15(16)18-19)5-6-14(13)20-2/h5-7,10-11,17,19H,3-4,8-9H2,1-2H3,(H2,16,18). The van der Waals surface area contributed by atoms with Gasteiger partial charge in [0.25, 0.3) is 0 Å². The van der Waals surface area contributed by atoms with Crippen LogP contribution in [0.2, 0.25) is 0 Å². The predicted molar refractivity (Wildman–Crippen MR) is 79.1 cm³/mol. The van der Waals surface area contributed by atoms with E-state index in [1.165, 1.54) is 12.8 Å². The van der Waals surface area contributed by atoms with Gasteiger partial charge in [-0.25, -0.2) is 0 Å². The molecule has 20 heavy (non-hydrogen) atoms. The van der Waals surface area contributed by atoms with Gasteiger partial charge in [0.05, 0.1) is 7.11 Å². The van der Waals surface area contributed by atoms with Gasteiger partial charge < -0.3 is 21.0 Å². The Morgan fingerprint density at radius 3 is 2.90 bits per heavy atom. The Kier molecular flexibility index (Phi) is 4.84. The first-order chi connectivity index (χ1) is 9.65. The number of rotatable bonds is 7. The van der Waals surface area contributed by atoms with E-state index in [-0.39, 0.29) is 5.84 Å². The Labute approximate surface area is 119 Å². The number of nitrogens with two attached hydrogens (primary N) is 1. The molecule has 1 aliphatic carbocycles. The van der Waals surface area contributed by atoms with Crippen LogP contribution in [0.1, 0.15) is 30.9 Å². The summed E-state index contributed by atoms with van der Waals surface area (Å²) in [6.07, 6.45) is 2.73. The molecule has 0 spiro atoms. The minimum absolute atomic E-state index is 0.111. The molecule has 5 heteroatoms. The number of nitrogens with one attached hydrogen (secondary N) is 1. The Hall–Kier alpha value is -1.75. The number of hydrogen-bond acceptors (Lipinski definition) is 4. The number of benzene rings is 1. The Morgan fingerprint density at radius 1 is 1.55 bits per heavy atom. The lowest BCUT2D eigenvalue weighted by Gasteiger charge is -2.14. The summed E-state index contributed by atoms with van der Waals surface area (Å²) in [6.45, 7) is 4.00. The van der Waals surface area contributed by atoms with Gasteiger partial charge in [0.2, 0.25) is 0 Å². The van der Waals surface area contributed by atoms with Crippen molar-refractivity contribution in [2.75, 3.05) is 13.7 Å². The van der Waals surface area contributed by atoms with Gasteiger partial charge in [-0.1, -0.05) is 12.1 Å². The van der Waals surface area contributed by atoms with Gasteiger partial charge in [0.15, 0.2) is 5.84 Å². The summed E-state index contributed by atoms with van der Waals surface area (Å²) in [7, 11) is 1.65. The average molecular weight is 277 g/mol. The lowest BCUT2D eigenvalue weighted by molar-refractivity contribution is 0.318. The molecule has 110 valence electrons. The minimum atomic E-state index is 0.111. The molecule has 1 aliphatic rings. The van der Waals surface area contributed by atoms with Crippen molar-refractivity contribution in [2.45, 2.75) is 26.3 Å². The number of ether oxygens (including phenoxy) is 1. The molecule has 0 radical (unpaired) electrons. The van der Waals surface area contributed by atoms with Gasteiger partial charge in [-0.15, -0.1) is 0 Å². The quantitative estimate of drug-likeness (QED) is 0.308. The number of hydrogen-bond donors (Lipinski definition) is 3. The molecular weight excluding hydrogens is 254 g/mol. The van der Waals surface area contributed by atoms with Crippen molar-refractivity contribution in [3.8, 4) is 5.75 Å². The van der Waals surface area contributed by atoms with Crippen molar-refractivity contribution in [3.63, 3.8) is 0 Å². The van der Waals surface area contributed by atoms with E-state index in [9.17, 15) is 0 Å². The summed E-state index contributed by atoms with van der Waals surface area (Å²) < 4.78 is 5.35. The van der Waals surface area contributed by atoms with Crippen molar-refractivity contribution in [2.24, 2.45) is 22.7 Å². The zero-order chi connectivity index (χ0) is 14.5. The van der Waals surface area contributed by atoms with Crippen LogP contribution in [0, 0.1) is 11.8 Å². The second-order valence-corrected chi connectivity index (χ2v) is 5.46. The average Bonchev–Trinajstić information content (AvgIpc) is 3.30. The highest BCUT2D eigenvalue weighted by Crippen LogP contribution is 2.36. The molecule has 1 fully saturated rings. The number of nitrogens with zero attached hydrogens (tertiary/aromatic N) is 1. The molecule has 1 atom stereocenters. The number of methoxy groups -OCH3 is 1. The van der Waals surface area contributed by atoms with E-state index >= 15 is 0 Å². The maximum Gasteiger partial charge on any atom is 0.170 e. The molecule has 1 saturated carbocycles. The molecule has 1 unspecified atom stereocenters. The summed E-state index contributed by atoms with van der Waals surface area (Å²) in [5.41, 5.74) is 7.33. The zero-order valence-electron chi connectivity index (χ0n) is 12.1. The molecule has 0 amide bonds. The van der Waals surface area contributed by atoms with E-state index in [2.05, 4.69) is 17.4 Å². The fourth-order valence-corrected chi connectivity index (χ4v) is 2.40. The summed E-state index contributed by atoms with van der Waals surface area (Å²) in [5.74, 6) is 2.53. The van der Waals surface area contributed by atoms with E-state index in [0.29, 0.717) is 18.0 Å². The first-order valence-electron chi connectivity index (χ1n) is 7.01. The molecule has 0 saturated heterocycles. The van der Waals surface area contributed by atoms with Crippen LogP contribution in [0.15, 0.2) is 23.4 Å². The Bertz CT molecular complexity index is 484. The first kappa shape index (κ1) is 14.7. The van der Waals surface area contributed by atoms with Crippen molar-refractivity contribution in [1.29, 1.82) is 0 Å². The van der Waals surface area contributed by atoms with Crippen LogP contribution in [-0.2, 0) is 6.54 Å². The van der Waals surface area contributed by atoms with Crippen molar-refractivity contribution in [3.05, 3.63) is 29.3 Å². The van der Waals surface area contributed by atoms with Gasteiger partial charge in [0, 0.05) is 17.7 Å². The highest BCUT2D eigenvalue weighted by atomic mass is 16.5. The summed E-state index contributed by atoms with van der Waals surface area (Å²) >= 11 is 0. The Morgan fingerprint density at radius 2 is 2.30 bits per heavy atom. The second kappa shape index (κ2) is 6.61. The first-order valence-corrected chi connectivity index (χ1v) is 7.01. The second-order valence-electron chi connectivity index (χ2n) is 5.46. The highest BCUT2D eigenvalue weighted by molar-refractivity contribution is 5.97.